The number of carbonyl (C=O) groups excluding carboxylic acids is 1. The van der Waals surface area contributed by atoms with Gasteiger partial charge in [-0.05, 0) is 37.6 Å². The lowest BCUT2D eigenvalue weighted by atomic mass is 10.1. The summed E-state index contributed by atoms with van der Waals surface area (Å²) in [7, 11) is 0. The van der Waals surface area contributed by atoms with Crippen LogP contribution in [0.4, 0.5) is 5.69 Å². The van der Waals surface area contributed by atoms with Crippen LogP contribution in [0.5, 0.6) is 0 Å². The van der Waals surface area contributed by atoms with E-state index in [2.05, 4.69) is 15.4 Å². The molecule has 100 valence electrons. The largest absolute Gasteiger partial charge is 0.321 e. The molecule has 1 aromatic carbocycles. The Hall–Kier alpha value is -2.69. The van der Waals surface area contributed by atoms with Crippen molar-refractivity contribution >= 4 is 17.2 Å². The molecule has 2 heterocycles. The van der Waals surface area contributed by atoms with Gasteiger partial charge in [0.15, 0.2) is 5.65 Å². The number of hydrogen-bond acceptors (Lipinski definition) is 3. The third kappa shape index (κ3) is 2.25. The molecule has 0 saturated heterocycles. The Labute approximate surface area is 116 Å². The van der Waals surface area contributed by atoms with Gasteiger partial charge in [-0.3, -0.25) is 4.79 Å². The Bertz CT molecular complexity index is 791. The number of aromatic nitrogens is 3. The zero-order valence-electron chi connectivity index (χ0n) is 11.3. The van der Waals surface area contributed by atoms with Crippen molar-refractivity contribution in [3.63, 3.8) is 0 Å². The van der Waals surface area contributed by atoms with Crippen LogP contribution in [0.25, 0.3) is 5.65 Å². The molecule has 0 bridgehead atoms. The van der Waals surface area contributed by atoms with Gasteiger partial charge >= 0.3 is 0 Å². The van der Waals surface area contributed by atoms with Gasteiger partial charge in [0.25, 0.3) is 5.91 Å². The zero-order valence-corrected chi connectivity index (χ0v) is 11.3. The molecule has 0 unspecified atom stereocenters. The molecule has 0 aliphatic rings. The van der Waals surface area contributed by atoms with Crippen molar-refractivity contribution in [3.8, 4) is 0 Å². The maximum atomic E-state index is 12.2. The highest BCUT2D eigenvalue weighted by Gasteiger charge is 2.09. The average Bonchev–Trinajstić information content (AvgIpc) is 2.78. The third-order valence-electron chi connectivity index (χ3n) is 3.08. The van der Waals surface area contributed by atoms with E-state index in [0.29, 0.717) is 17.1 Å². The number of pyridine rings is 1. The number of carbonyl (C=O) groups is 1. The van der Waals surface area contributed by atoms with Gasteiger partial charge in [-0.2, -0.15) is 5.10 Å². The van der Waals surface area contributed by atoms with Crippen molar-refractivity contribution < 1.29 is 4.79 Å². The maximum absolute atomic E-state index is 12.2. The van der Waals surface area contributed by atoms with Crippen molar-refractivity contribution in [2.45, 2.75) is 13.8 Å². The molecule has 3 rings (SSSR count). The van der Waals surface area contributed by atoms with Crippen LogP contribution in [0.3, 0.4) is 0 Å². The van der Waals surface area contributed by atoms with E-state index < -0.39 is 0 Å². The second-order valence-corrected chi connectivity index (χ2v) is 4.65. The van der Waals surface area contributed by atoms with E-state index in [9.17, 15) is 4.79 Å². The molecule has 0 fully saturated rings. The fourth-order valence-corrected chi connectivity index (χ4v) is 2.09. The highest BCUT2D eigenvalue weighted by Crippen LogP contribution is 2.13. The number of rotatable bonds is 2. The Morgan fingerprint density at radius 2 is 1.95 bits per heavy atom. The van der Waals surface area contributed by atoms with Crippen LogP contribution >= 0.6 is 0 Å². The predicted molar refractivity (Wildman–Crippen MR) is 76.9 cm³/mol. The molecule has 1 N–H and O–H groups in total. The van der Waals surface area contributed by atoms with Gasteiger partial charge in [0, 0.05) is 5.56 Å². The Kier molecular flexibility index (Phi) is 2.95. The standard InChI is InChI=1S/C15H14N4O/c1-10-5-3-4-6-13(10)15(20)17-12-7-8-14-16-11(2)18-19(14)9-12/h3-9H,1-2H3,(H,17,20). The summed E-state index contributed by atoms with van der Waals surface area (Å²) in [5, 5.41) is 7.10. The van der Waals surface area contributed by atoms with E-state index in [-0.39, 0.29) is 5.91 Å². The SMILES string of the molecule is Cc1nc2ccc(NC(=O)c3ccccc3C)cn2n1. The molecule has 0 aliphatic carbocycles. The molecule has 0 atom stereocenters. The van der Waals surface area contributed by atoms with Crippen LogP contribution in [-0.2, 0) is 0 Å². The molecule has 0 saturated carbocycles. The van der Waals surface area contributed by atoms with Crippen LogP contribution in [0.1, 0.15) is 21.7 Å². The summed E-state index contributed by atoms with van der Waals surface area (Å²) in [5.74, 6) is 0.576. The topological polar surface area (TPSA) is 59.3 Å². The van der Waals surface area contributed by atoms with Crippen molar-refractivity contribution in [2.24, 2.45) is 0 Å². The quantitative estimate of drug-likeness (QED) is 0.775. The molecular formula is C15H14N4O. The van der Waals surface area contributed by atoms with Crippen molar-refractivity contribution in [1.29, 1.82) is 0 Å². The number of amides is 1. The summed E-state index contributed by atoms with van der Waals surface area (Å²) >= 11 is 0. The number of hydrogen-bond donors (Lipinski definition) is 1. The lowest BCUT2D eigenvalue weighted by Crippen LogP contribution is -2.13. The van der Waals surface area contributed by atoms with Gasteiger partial charge in [0.1, 0.15) is 5.82 Å². The second-order valence-electron chi connectivity index (χ2n) is 4.65. The molecule has 5 nitrogen and oxygen atoms in total. The molecule has 20 heavy (non-hydrogen) atoms. The molecule has 1 amide bonds. The van der Waals surface area contributed by atoms with Gasteiger partial charge in [0.05, 0.1) is 11.9 Å². The smallest absolute Gasteiger partial charge is 0.255 e. The Balaban J connectivity index is 1.89. The number of anilines is 1. The van der Waals surface area contributed by atoms with Gasteiger partial charge < -0.3 is 5.32 Å². The minimum absolute atomic E-state index is 0.126. The minimum atomic E-state index is -0.126. The van der Waals surface area contributed by atoms with Crippen molar-refractivity contribution in [3.05, 3.63) is 59.5 Å². The molecule has 0 spiro atoms. The number of aryl methyl sites for hydroxylation is 2. The summed E-state index contributed by atoms with van der Waals surface area (Å²) in [6.45, 7) is 3.75. The maximum Gasteiger partial charge on any atom is 0.255 e. The monoisotopic (exact) mass is 266 g/mol. The van der Waals surface area contributed by atoms with E-state index in [4.69, 9.17) is 0 Å². The normalized spacial score (nSPS) is 10.7. The fraction of sp³-hybridized carbons (Fsp3) is 0.133. The van der Waals surface area contributed by atoms with Crippen molar-refractivity contribution in [1.82, 2.24) is 14.6 Å². The van der Waals surface area contributed by atoms with Crippen LogP contribution in [0, 0.1) is 13.8 Å². The van der Waals surface area contributed by atoms with Crippen molar-refractivity contribution in [2.75, 3.05) is 5.32 Å². The molecular weight excluding hydrogens is 252 g/mol. The van der Waals surface area contributed by atoms with Crippen LogP contribution in [0.15, 0.2) is 42.6 Å². The number of nitrogens with zero attached hydrogens (tertiary/aromatic N) is 3. The van der Waals surface area contributed by atoms with E-state index >= 15 is 0 Å². The first-order chi connectivity index (χ1) is 9.63. The molecule has 5 heteroatoms. The van der Waals surface area contributed by atoms with Gasteiger partial charge in [0.2, 0.25) is 0 Å². The number of nitrogens with one attached hydrogen (secondary N) is 1. The first-order valence-corrected chi connectivity index (χ1v) is 6.33. The predicted octanol–water partition coefficient (Wildman–Crippen LogP) is 2.60. The summed E-state index contributed by atoms with van der Waals surface area (Å²) in [6, 6.07) is 11.1. The summed E-state index contributed by atoms with van der Waals surface area (Å²) in [4.78, 5) is 16.5. The number of benzene rings is 1. The molecule has 3 aromatic rings. The lowest BCUT2D eigenvalue weighted by molar-refractivity contribution is 0.102. The zero-order chi connectivity index (χ0) is 14.1. The molecule has 0 radical (unpaired) electrons. The first kappa shape index (κ1) is 12.3. The lowest BCUT2D eigenvalue weighted by Gasteiger charge is -2.07. The van der Waals surface area contributed by atoms with Gasteiger partial charge in [-0.15, -0.1) is 0 Å². The summed E-state index contributed by atoms with van der Waals surface area (Å²) < 4.78 is 1.66. The third-order valence-corrected chi connectivity index (χ3v) is 3.08. The summed E-state index contributed by atoms with van der Waals surface area (Å²) in [5.41, 5.74) is 3.07. The van der Waals surface area contributed by atoms with E-state index in [0.717, 1.165) is 11.2 Å². The molecule has 2 aromatic heterocycles. The minimum Gasteiger partial charge on any atom is -0.321 e. The Morgan fingerprint density at radius 3 is 2.75 bits per heavy atom. The highest BCUT2D eigenvalue weighted by molar-refractivity contribution is 6.05. The van der Waals surface area contributed by atoms with Crippen LogP contribution < -0.4 is 5.32 Å². The first-order valence-electron chi connectivity index (χ1n) is 6.33. The van der Waals surface area contributed by atoms with E-state index in [1.165, 1.54) is 0 Å². The summed E-state index contributed by atoms with van der Waals surface area (Å²) in [6.07, 6.45) is 1.76. The average molecular weight is 266 g/mol. The van der Waals surface area contributed by atoms with Crippen LogP contribution in [0.2, 0.25) is 0 Å². The molecule has 0 aliphatic heterocycles. The fourth-order valence-electron chi connectivity index (χ4n) is 2.09. The highest BCUT2D eigenvalue weighted by atomic mass is 16.1. The van der Waals surface area contributed by atoms with Crippen LogP contribution in [-0.4, -0.2) is 20.5 Å². The van der Waals surface area contributed by atoms with E-state index in [1.54, 1.807) is 10.7 Å². The van der Waals surface area contributed by atoms with E-state index in [1.807, 2.05) is 50.2 Å². The number of fused-ring (bicyclic) bond motifs is 1. The second kappa shape index (κ2) is 4.77. The van der Waals surface area contributed by atoms with Gasteiger partial charge in [-0.1, -0.05) is 18.2 Å². The van der Waals surface area contributed by atoms with Gasteiger partial charge in [-0.25, -0.2) is 9.50 Å². The Morgan fingerprint density at radius 1 is 1.15 bits per heavy atom.